The van der Waals surface area contributed by atoms with E-state index in [0.29, 0.717) is 10.6 Å². The third kappa shape index (κ3) is 2.32. The van der Waals surface area contributed by atoms with Crippen molar-refractivity contribution in [3.8, 4) is 0 Å². The van der Waals surface area contributed by atoms with Crippen molar-refractivity contribution in [2.75, 3.05) is 20.7 Å². The minimum Gasteiger partial charge on any atom is -0.396 e. The Labute approximate surface area is 106 Å². The van der Waals surface area contributed by atoms with Crippen molar-refractivity contribution in [2.24, 2.45) is 5.41 Å². The first-order chi connectivity index (χ1) is 8.00. The average Bonchev–Trinajstić information content (AvgIpc) is 3.04. The number of halogens is 2. The second-order valence-corrected chi connectivity index (χ2v) is 5.49. The molecule has 0 aromatic heterocycles. The summed E-state index contributed by atoms with van der Waals surface area (Å²) in [5, 5.41) is 10.0. The minimum absolute atomic E-state index is 0.0851. The zero-order chi connectivity index (χ0) is 12.6. The molecule has 1 unspecified atom stereocenters. The van der Waals surface area contributed by atoms with Crippen molar-refractivity contribution in [2.45, 2.75) is 18.9 Å². The summed E-state index contributed by atoms with van der Waals surface area (Å²) >= 11 is 5.93. The van der Waals surface area contributed by atoms with Gasteiger partial charge in [-0.3, -0.25) is 0 Å². The summed E-state index contributed by atoms with van der Waals surface area (Å²) in [6, 6.07) is 4.48. The van der Waals surface area contributed by atoms with E-state index in [1.807, 2.05) is 19.0 Å². The highest BCUT2D eigenvalue weighted by Gasteiger charge is 2.51. The fraction of sp³-hybridized carbons (Fsp3) is 0.538. The molecule has 0 amide bonds. The number of benzene rings is 1. The predicted octanol–water partition coefficient (Wildman–Crippen LogP) is 2.85. The highest BCUT2D eigenvalue weighted by Crippen LogP contribution is 2.56. The Bertz CT molecular complexity index is 418. The first-order valence-corrected chi connectivity index (χ1v) is 6.10. The summed E-state index contributed by atoms with van der Waals surface area (Å²) in [6.45, 7) is 0.0851. The van der Waals surface area contributed by atoms with E-state index in [1.54, 1.807) is 12.1 Å². The van der Waals surface area contributed by atoms with Crippen LogP contribution in [0.4, 0.5) is 4.39 Å². The second kappa shape index (κ2) is 4.56. The van der Waals surface area contributed by atoms with Gasteiger partial charge in [-0.1, -0.05) is 11.6 Å². The first kappa shape index (κ1) is 12.8. The van der Waals surface area contributed by atoms with Crippen LogP contribution in [0, 0.1) is 11.2 Å². The van der Waals surface area contributed by atoms with Crippen LogP contribution in [0.15, 0.2) is 18.2 Å². The van der Waals surface area contributed by atoms with Crippen LogP contribution in [0.3, 0.4) is 0 Å². The van der Waals surface area contributed by atoms with Crippen molar-refractivity contribution < 1.29 is 9.50 Å². The monoisotopic (exact) mass is 257 g/mol. The standard InChI is InChI=1S/C13H17ClFNO/c1-16(2)12(13(8-17)5-6-13)10-7-9(14)3-4-11(10)15/h3-4,7,12,17H,5-6,8H2,1-2H3. The van der Waals surface area contributed by atoms with Crippen LogP contribution >= 0.6 is 11.6 Å². The van der Waals surface area contributed by atoms with Gasteiger partial charge in [0, 0.05) is 22.0 Å². The van der Waals surface area contributed by atoms with E-state index in [0.717, 1.165) is 12.8 Å². The van der Waals surface area contributed by atoms with E-state index in [9.17, 15) is 9.50 Å². The van der Waals surface area contributed by atoms with Crippen molar-refractivity contribution >= 4 is 11.6 Å². The SMILES string of the molecule is CN(C)C(c1cc(Cl)ccc1F)C1(CO)CC1. The second-order valence-electron chi connectivity index (χ2n) is 5.05. The number of rotatable bonds is 4. The van der Waals surface area contributed by atoms with Crippen LogP contribution in [-0.2, 0) is 0 Å². The number of hydrogen-bond acceptors (Lipinski definition) is 2. The summed E-state index contributed by atoms with van der Waals surface area (Å²) in [5.74, 6) is -0.257. The Morgan fingerprint density at radius 2 is 2.12 bits per heavy atom. The molecular weight excluding hydrogens is 241 g/mol. The molecule has 2 rings (SSSR count). The molecule has 94 valence electrons. The van der Waals surface area contributed by atoms with Gasteiger partial charge in [0.2, 0.25) is 0 Å². The maximum absolute atomic E-state index is 13.9. The van der Waals surface area contributed by atoms with Gasteiger partial charge in [-0.2, -0.15) is 0 Å². The van der Waals surface area contributed by atoms with Crippen LogP contribution < -0.4 is 0 Å². The van der Waals surface area contributed by atoms with E-state index in [-0.39, 0.29) is 23.9 Å². The van der Waals surface area contributed by atoms with Gasteiger partial charge in [-0.25, -0.2) is 4.39 Å². The molecule has 1 aromatic rings. The predicted molar refractivity (Wildman–Crippen MR) is 66.6 cm³/mol. The van der Waals surface area contributed by atoms with E-state index < -0.39 is 0 Å². The maximum Gasteiger partial charge on any atom is 0.128 e. The molecule has 0 spiro atoms. The molecule has 0 bridgehead atoms. The lowest BCUT2D eigenvalue weighted by Crippen LogP contribution is -2.31. The number of nitrogens with zero attached hydrogens (tertiary/aromatic N) is 1. The zero-order valence-electron chi connectivity index (χ0n) is 10.1. The largest absolute Gasteiger partial charge is 0.396 e. The lowest BCUT2D eigenvalue weighted by atomic mass is 9.89. The molecule has 0 saturated heterocycles. The van der Waals surface area contributed by atoms with Crippen LogP contribution in [0.5, 0.6) is 0 Å². The fourth-order valence-electron chi connectivity index (χ4n) is 2.56. The van der Waals surface area contributed by atoms with E-state index in [4.69, 9.17) is 11.6 Å². The summed E-state index contributed by atoms with van der Waals surface area (Å²) in [7, 11) is 3.81. The van der Waals surface area contributed by atoms with Crippen molar-refractivity contribution in [1.82, 2.24) is 4.90 Å². The lowest BCUT2D eigenvalue weighted by Gasteiger charge is -2.32. The Morgan fingerprint density at radius 1 is 1.47 bits per heavy atom. The summed E-state index contributed by atoms with van der Waals surface area (Å²) < 4.78 is 13.9. The van der Waals surface area contributed by atoms with E-state index in [2.05, 4.69) is 0 Å². The summed E-state index contributed by atoms with van der Waals surface area (Å²) in [4.78, 5) is 1.96. The molecule has 1 aliphatic rings. The Balaban J connectivity index is 2.43. The van der Waals surface area contributed by atoms with E-state index in [1.165, 1.54) is 6.07 Å². The van der Waals surface area contributed by atoms with Crippen LogP contribution in [0.1, 0.15) is 24.4 Å². The third-order valence-corrected chi connectivity index (χ3v) is 3.79. The summed E-state index contributed by atoms with van der Waals surface area (Å²) in [5.41, 5.74) is 0.378. The molecular formula is C13H17ClFNO. The lowest BCUT2D eigenvalue weighted by molar-refractivity contribution is 0.113. The molecule has 0 radical (unpaired) electrons. The van der Waals surface area contributed by atoms with Gasteiger partial charge in [-0.05, 0) is 45.1 Å². The van der Waals surface area contributed by atoms with Gasteiger partial charge in [0.1, 0.15) is 5.82 Å². The Morgan fingerprint density at radius 3 is 2.59 bits per heavy atom. The number of aliphatic hydroxyl groups excluding tert-OH is 1. The molecule has 1 aromatic carbocycles. The molecule has 0 aliphatic heterocycles. The van der Waals surface area contributed by atoms with Gasteiger partial charge >= 0.3 is 0 Å². The fourth-order valence-corrected chi connectivity index (χ4v) is 2.74. The van der Waals surface area contributed by atoms with Crippen LogP contribution in [0.2, 0.25) is 5.02 Å². The molecule has 1 N–H and O–H groups in total. The average molecular weight is 258 g/mol. The van der Waals surface area contributed by atoms with Gasteiger partial charge in [0.15, 0.2) is 0 Å². The minimum atomic E-state index is -0.257. The van der Waals surface area contributed by atoms with Gasteiger partial charge in [0.25, 0.3) is 0 Å². The summed E-state index contributed by atoms with van der Waals surface area (Å²) in [6.07, 6.45) is 1.86. The Hall–Kier alpha value is -0.640. The zero-order valence-corrected chi connectivity index (χ0v) is 10.8. The third-order valence-electron chi connectivity index (χ3n) is 3.56. The van der Waals surface area contributed by atoms with Crippen molar-refractivity contribution in [3.63, 3.8) is 0 Å². The van der Waals surface area contributed by atoms with Crippen LogP contribution in [-0.4, -0.2) is 30.7 Å². The molecule has 17 heavy (non-hydrogen) atoms. The molecule has 1 fully saturated rings. The molecule has 0 heterocycles. The maximum atomic E-state index is 13.9. The highest BCUT2D eigenvalue weighted by molar-refractivity contribution is 6.30. The van der Waals surface area contributed by atoms with Crippen molar-refractivity contribution in [1.29, 1.82) is 0 Å². The normalized spacial score (nSPS) is 19.4. The topological polar surface area (TPSA) is 23.5 Å². The van der Waals surface area contributed by atoms with Gasteiger partial charge < -0.3 is 10.0 Å². The molecule has 2 nitrogen and oxygen atoms in total. The van der Waals surface area contributed by atoms with Gasteiger partial charge in [0.05, 0.1) is 6.61 Å². The molecule has 1 saturated carbocycles. The number of hydrogen-bond donors (Lipinski definition) is 1. The van der Waals surface area contributed by atoms with E-state index >= 15 is 0 Å². The quantitative estimate of drug-likeness (QED) is 0.897. The highest BCUT2D eigenvalue weighted by atomic mass is 35.5. The van der Waals surface area contributed by atoms with Crippen molar-refractivity contribution in [3.05, 3.63) is 34.6 Å². The smallest absolute Gasteiger partial charge is 0.128 e. The molecule has 1 aliphatic carbocycles. The van der Waals surface area contributed by atoms with Crippen LogP contribution in [0.25, 0.3) is 0 Å². The molecule has 4 heteroatoms. The molecule has 1 atom stereocenters. The van der Waals surface area contributed by atoms with Gasteiger partial charge in [-0.15, -0.1) is 0 Å². The first-order valence-electron chi connectivity index (χ1n) is 5.72. The number of aliphatic hydroxyl groups is 1. The Kier molecular flexibility index (Phi) is 3.43.